The third-order valence-electron chi connectivity index (χ3n) is 2.82. The van der Waals surface area contributed by atoms with Gasteiger partial charge < -0.3 is 4.98 Å². The number of alkyl halides is 1. The fraction of sp³-hybridized carbons (Fsp3) is 0.154. The van der Waals surface area contributed by atoms with Gasteiger partial charge in [0.25, 0.3) is 0 Å². The van der Waals surface area contributed by atoms with Crippen LogP contribution in [0.2, 0.25) is 0 Å². The lowest BCUT2D eigenvalue weighted by Crippen LogP contribution is -1.81. The zero-order chi connectivity index (χ0) is 11.8. The summed E-state index contributed by atoms with van der Waals surface area (Å²) < 4.78 is 0. The number of aromatic nitrogens is 2. The Balaban J connectivity index is 2.25. The highest BCUT2D eigenvalue weighted by atomic mass is 79.9. The summed E-state index contributed by atoms with van der Waals surface area (Å²) in [6, 6.07) is 8.36. The molecule has 0 amide bonds. The van der Waals surface area contributed by atoms with Crippen molar-refractivity contribution in [2.24, 2.45) is 0 Å². The van der Waals surface area contributed by atoms with E-state index in [0.29, 0.717) is 0 Å². The van der Waals surface area contributed by atoms with Crippen LogP contribution in [-0.4, -0.2) is 9.97 Å². The van der Waals surface area contributed by atoms with Gasteiger partial charge in [0.2, 0.25) is 0 Å². The summed E-state index contributed by atoms with van der Waals surface area (Å²) in [4.78, 5) is 8.04. The van der Waals surface area contributed by atoms with Crippen LogP contribution in [0.1, 0.15) is 10.7 Å². The molecule has 1 aromatic carbocycles. The molecule has 2 heterocycles. The quantitative estimate of drug-likeness (QED) is 0.694. The van der Waals surface area contributed by atoms with Gasteiger partial charge in [0.15, 0.2) is 0 Å². The van der Waals surface area contributed by atoms with E-state index < -0.39 is 0 Å². The molecule has 0 saturated heterocycles. The molecular weight excluding hydrogens is 296 g/mol. The molecule has 4 heteroatoms. The summed E-state index contributed by atoms with van der Waals surface area (Å²) in [5.74, 6) is 0. The lowest BCUT2D eigenvalue weighted by atomic mass is 10.1. The minimum atomic E-state index is 0.819. The van der Waals surface area contributed by atoms with E-state index in [4.69, 9.17) is 0 Å². The molecule has 3 rings (SSSR count). The standard InChI is InChI=1S/C13H11BrN2S/c1-8-13(11-7-17-12(6-14)16-11)9-4-2-3-5-10(9)15-8/h2-5,7,15H,6H2,1H3. The third kappa shape index (κ3) is 1.81. The van der Waals surface area contributed by atoms with Crippen molar-refractivity contribution in [3.05, 3.63) is 40.3 Å². The second kappa shape index (κ2) is 4.27. The summed E-state index contributed by atoms with van der Waals surface area (Å²) in [5.41, 5.74) is 4.65. The van der Waals surface area contributed by atoms with Crippen LogP contribution in [0.4, 0.5) is 0 Å². The molecule has 3 aromatic rings. The first-order chi connectivity index (χ1) is 8.29. The molecule has 2 nitrogen and oxygen atoms in total. The number of aromatic amines is 1. The molecule has 0 radical (unpaired) electrons. The summed E-state index contributed by atoms with van der Waals surface area (Å²) in [6.45, 7) is 2.10. The first-order valence-corrected chi connectivity index (χ1v) is 7.38. The van der Waals surface area contributed by atoms with Gasteiger partial charge in [0.1, 0.15) is 5.01 Å². The molecule has 0 saturated carbocycles. The largest absolute Gasteiger partial charge is 0.358 e. The average molecular weight is 307 g/mol. The molecule has 86 valence electrons. The van der Waals surface area contributed by atoms with Crippen LogP contribution in [0.15, 0.2) is 29.6 Å². The Kier molecular flexibility index (Phi) is 2.76. The smallest absolute Gasteiger partial charge is 0.104 e. The number of H-pyrrole nitrogens is 1. The van der Waals surface area contributed by atoms with E-state index in [1.54, 1.807) is 11.3 Å². The molecule has 1 N–H and O–H groups in total. The number of fused-ring (bicyclic) bond motifs is 1. The van der Waals surface area contributed by atoms with Gasteiger partial charge in [0.05, 0.1) is 11.0 Å². The Labute approximate surface area is 112 Å². The maximum absolute atomic E-state index is 4.63. The minimum Gasteiger partial charge on any atom is -0.358 e. The Morgan fingerprint density at radius 1 is 1.35 bits per heavy atom. The minimum absolute atomic E-state index is 0.819. The number of hydrogen-bond acceptors (Lipinski definition) is 2. The highest BCUT2D eigenvalue weighted by Gasteiger charge is 2.12. The molecular formula is C13H11BrN2S. The van der Waals surface area contributed by atoms with Crippen molar-refractivity contribution < 1.29 is 0 Å². The number of nitrogens with one attached hydrogen (secondary N) is 1. The van der Waals surface area contributed by atoms with Crippen LogP contribution >= 0.6 is 27.3 Å². The van der Waals surface area contributed by atoms with Crippen molar-refractivity contribution in [3.8, 4) is 11.3 Å². The van der Waals surface area contributed by atoms with E-state index in [0.717, 1.165) is 16.0 Å². The van der Waals surface area contributed by atoms with Crippen LogP contribution in [0.25, 0.3) is 22.2 Å². The van der Waals surface area contributed by atoms with Crippen molar-refractivity contribution in [1.82, 2.24) is 9.97 Å². The van der Waals surface area contributed by atoms with E-state index in [1.807, 2.05) is 6.07 Å². The van der Waals surface area contributed by atoms with Gasteiger partial charge in [-0.05, 0) is 13.0 Å². The normalized spacial score (nSPS) is 11.2. The average Bonchev–Trinajstić information content (AvgIpc) is 2.91. The van der Waals surface area contributed by atoms with E-state index in [2.05, 4.69) is 56.4 Å². The SMILES string of the molecule is Cc1[nH]c2ccccc2c1-c1csc(CBr)n1. The number of nitrogens with zero attached hydrogens (tertiary/aromatic N) is 1. The third-order valence-corrected chi connectivity index (χ3v) is 4.57. The Morgan fingerprint density at radius 3 is 2.94 bits per heavy atom. The Bertz CT molecular complexity index is 669. The molecule has 0 unspecified atom stereocenters. The van der Waals surface area contributed by atoms with Gasteiger partial charge in [0, 0.05) is 27.5 Å². The lowest BCUT2D eigenvalue weighted by Gasteiger charge is -1.96. The zero-order valence-electron chi connectivity index (χ0n) is 9.33. The van der Waals surface area contributed by atoms with E-state index in [1.165, 1.54) is 22.2 Å². The van der Waals surface area contributed by atoms with Gasteiger partial charge in [-0.15, -0.1) is 11.3 Å². The number of benzene rings is 1. The number of thiazole rings is 1. The molecule has 0 aliphatic carbocycles. The molecule has 17 heavy (non-hydrogen) atoms. The molecule has 0 bridgehead atoms. The van der Waals surface area contributed by atoms with Crippen LogP contribution in [0.3, 0.4) is 0 Å². The maximum atomic E-state index is 4.63. The Morgan fingerprint density at radius 2 is 2.18 bits per heavy atom. The molecule has 0 aliphatic heterocycles. The van der Waals surface area contributed by atoms with Gasteiger partial charge >= 0.3 is 0 Å². The van der Waals surface area contributed by atoms with E-state index in [-0.39, 0.29) is 0 Å². The molecule has 0 aliphatic rings. The maximum Gasteiger partial charge on any atom is 0.104 e. The molecule has 0 atom stereocenters. The van der Waals surface area contributed by atoms with Gasteiger partial charge in [-0.1, -0.05) is 34.1 Å². The van der Waals surface area contributed by atoms with Crippen molar-refractivity contribution in [2.45, 2.75) is 12.3 Å². The predicted molar refractivity (Wildman–Crippen MR) is 76.8 cm³/mol. The van der Waals surface area contributed by atoms with Crippen LogP contribution < -0.4 is 0 Å². The lowest BCUT2D eigenvalue weighted by molar-refractivity contribution is 1.25. The van der Waals surface area contributed by atoms with Crippen molar-refractivity contribution in [2.75, 3.05) is 0 Å². The second-order valence-electron chi connectivity index (χ2n) is 3.93. The summed E-state index contributed by atoms with van der Waals surface area (Å²) in [7, 11) is 0. The van der Waals surface area contributed by atoms with Gasteiger partial charge in [-0.25, -0.2) is 4.98 Å². The van der Waals surface area contributed by atoms with E-state index >= 15 is 0 Å². The highest BCUT2D eigenvalue weighted by molar-refractivity contribution is 9.08. The van der Waals surface area contributed by atoms with Crippen LogP contribution in [-0.2, 0) is 5.33 Å². The highest BCUT2D eigenvalue weighted by Crippen LogP contribution is 2.32. The fourth-order valence-corrected chi connectivity index (χ4v) is 3.25. The number of aryl methyl sites for hydroxylation is 1. The molecule has 2 aromatic heterocycles. The molecule has 0 fully saturated rings. The van der Waals surface area contributed by atoms with E-state index in [9.17, 15) is 0 Å². The topological polar surface area (TPSA) is 28.7 Å². The predicted octanol–water partition coefficient (Wildman–Crippen LogP) is 4.49. The Hall–Kier alpha value is -1.13. The number of hydrogen-bond donors (Lipinski definition) is 1. The summed E-state index contributed by atoms with van der Waals surface area (Å²) >= 11 is 5.14. The first kappa shape index (κ1) is 11.0. The molecule has 0 spiro atoms. The van der Waals surface area contributed by atoms with Crippen molar-refractivity contribution in [1.29, 1.82) is 0 Å². The zero-order valence-corrected chi connectivity index (χ0v) is 11.7. The number of halogens is 1. The number of rotatable bonds is 2. The van der Waals surface area contributed by atoms with Crippen molar-refractivity contribution >= 4 is 38.2 Å². The monoisotopic (exact) mass is 306 g/mol. The number of para-hydroxylation sites is 1. The second-order valence-corrected chi connectivity index (χ2v) is 5.43. The van der Waals surface area contributed by atoms with Gasteiger partial charge in [-0.3, -0.25) is 0 Å². The fourth-order valence-electron chi connectivity index (χ4n) is 2.09. The van der Waals surface area contributed by atoms with Crippen LogP contribution in [0.5, 0.6) is 0 Å². The van der Waals surface area contributed by atoms with Crippen LogP contribution in [0, 0.1) is 6.92 Å². The summed E-state index contributed by atoms with van der Waals surface area (Å²) in [6.07, 6.45) is 0. The van der Waals surface area contributed by atoms with Gasteiger partial charge in [-0.2, -0.15) is 0 Å². The first-order valence-electron chi connectivity index (χ1n) is 5.37. The van der Waals surface area contributed by atoms with Crippen molar-refractivity contribution in [3.63, 3.8) is 0 Å². The summed E-state index contributed by atoms with van der Waals surface area (Å²) in [5, 5.41) is 5.30.